The maximum atomic E-state index is 9.66. The molecule has 0 unspecified atom stereocenters. The summed E-state index contributed by atoms with van der Waals surface area (Å²) < 4.78 is 0.902. The van der Waals surface area contributed by atoms with Crippen molar-refractivity contribution in [3.8, 4) is 5.75 Å². The Bertz CT molecular complexity index is 339. The first-order chi connectivity index (χ1) is 6.18. The van der Waals surface area contributed by atoms with Crippen LogP contribution in [0.1, 0.15) is 18.0 Å². The molecule has 1 fully saturated rings. The van der Waals surface area contributed by atoms with Crippen molar-refractivity contribution >= 4 is 27.5 Å². The standard InChI is InChI=1S/C9H9BrClNO/c10-5-3-6(8-1-2-12-8)9(13)7(11)4-5/h3-4,8,12-13H,1-2H2/t8-/m1/s1. The van der Waals surface area contributed by atoms with Gasteiger partial charge >= 0.3 is 0 Å². The van der Waals surface area contributed by atoms with Crippen molar-refractivity contribution in [2.24, 2.45) is 0 Å². The predicted molar refractivity (Wildman–Crippen MR) is 56.2 cm³/mol. The van der Waals surface area contributed by atoms with E-state index in [0.717, 1.165) is 23.0 Å². The number of halogens is 2. The fraction of sp³-hybridized carbons (Fsp3) is 0.333. The van der Waals surface area contributed by atoms with Crippen LogP contribution in [0.2, 0.25) is 5.02 Å². The molecule has 4 heteroatoms. The summed E-state index contributed by atoms with van der Waals surface area (Å²) >= 11 is 9.18. The number of phenolic OH excluding ortho intramolecular Hbond substituents is 1. The van der Waals surface area contributed by atoms with Gasteiger partial charge in [0.15, 0.2) is 0 Å². The predicted octanol–water partition coefficient (Wildman–Crippen LogP) is 2.84. The van der Waals surface area contributed by atoms with Gasteiger partial charge in [0.2, 0.25) is 0 Å². The minimum atomic E-state index is 0.196. The van der Waals surface area contributed by atoms with Gasteiger partial charge in [-0.15, -0.1) is 0 Å². The molecular weight excluding hydrogens is 253 g/mol. The van der Waals surface area contributed by atoms with Crippen molar-refractivity contribution in [3.05, 3.63) is 27.2 Å². The number of phenols is 1. The number of hydrogen-bond acceptors (Lipinski definition) is 2. The molecule has 0 bridgehead atoms. The zero-order valence-electron chi connectivity index (χ0n) is 6.85. The van der Waals surface area contributed by atoms with Gasteiger partial charge in [0.05, 0.1) is 5.02 Å². The molecule has 1 heterocycles. The summed E-state index contributed by atoms with van der Waals surface area (Å²) in [6.45, 7) is 1.01. The molecule has 1 aliphatic heterocycles. The van der Waals surface area contributed by atoms with E-state index in [1.54, 1.807) is 6.07 Å². The Labute approximate surface area is 90.0 Å². The summed E-state index contributed by atoms with van der Waals surface area (Å²) in [5.41, 5.74) is 0.880. The van der Waals surface area contributed by atoms with Crippen LogP contribution in [0.5, 0.6) is 5.75 Å². The van der Waals surface area contributed by atoms with E-state index >= 15 is 0 Å². The van der Waals surface area contributed by atoms with Crippen LogP contribution < -0.4 is 5.32 Å². The van der Waals surface area contributed by atoms with Gasteiger partial charge in [-0.1, -0.05) is 27.5 Å². The second kappa shape index (κ2) is 3.48. The lowest BCUT2D eigenvalue weighted by Gasteiger charge is -2.28. The molecule has 1 aromatic rings. The number of hydrogen-bond donors (Lipinski definition) is 2. The molecule has 2 N–H and O–H groups in total. The molecule has 0 spiro atoms. The van der Waals surface area contributed by atoms with Crippen LogP contribution >= 0.6 is 27.5 Å². The number of rotatable bonds is 1. The molecule has 0 radical (unpaired) electrons. The molecule has 0 saturated carbocycles. The van der Waals surface area contributed by atoms with E-state index in [2.05, 4.69) is 21.2 Å². The van der Waals surface area contributed by atoms with Crippen LogP contribution in [0.3, 0.4) is 0 Å². The van der Waals surface area contributed by atoms with Crippen molar-refractivity contribution < 1.29 is 5.11 Å². The number of aromatic hydroxyl groups is 1. The van der Waals surface area contributed by atoms with Crippen molar-refractivity contribution in [1.29, 1.82) is 0 Å². The van der Waals surface area contributed by atoms with Crippen LogP contribution in [0, 0.1) is 0 Å². The Balaban J connectivity index is 2.42. The monoisotopic (exact) mass is 261 g/mol. The third-order valence-corrected chi connectivity index (χ3v) is 3.00. The highest BCUT2D eigenvalue weighted by atomic mass is 79.9. The first-order valence-electron chi connectivity index (χ1n) is 4.10. The van der Waals surface area contributed by atoms with E-state index in [1.165, 1.54) is 0 Å². The Hall–Kier alpha value is -0.250. The van der Waals surface area contributed by atoms with Crippen molar-refractivity contribution in [1.82, 2.24) is 5.32 Å². The summed E-state index contributed by atoms with van der Waals surface area (Å²) in [4.78, 5) is 0. The number of nitrogens with one attached hydrogen (secondary N) is 1. The lowest BCUT2D eigenvalue weighted by Crippen LogP contribution is -2.34. The first kappa shape index (κ1) is 9.31. The largest absolute Gasteiger partial charge is 0.506 e. The molecular formula is C9H9BrClNO. The van der Waals surface area contributed by atoms with Crippen molar-refractivity contribution in [2.75, 3.05) is 6.54 Å². The molecule has 2 nitrogen and oxygen atoms in total. The van der Waals surface area contributed by atoms with Gasteiger partial charge in [-0.25, -0.2) is 0 Å². The third-order valence-electron chi connectivity index (χ3n) is 2.26. The van der Waals surface area contributed by atoms with Gasteiger partial charge < -0.3 is 10.4 Å². The molecule has 1 atom stereocenters. The van der Waals surface area contributed by atoms with E-state index in [4.69, 9.17) is 11.6 Å². The minimum absolute atomic E-state index is 0.196. The summed E-state index contributed by atoms with van der Waals surface area (Å²) in [6, 6.07) is 3.85. The van der Waals surface area contributed by atoms with Gasteiger partial charge in [-0.3, -0.25) is 0 Å². The van der Waals surface area contributed by atoms with E-state index in [1.807, 2.05) is 6.07 Å². The van der Waals surface area contributed by atoms with Crippen LogP contribution in [0.15, 0.2) is 16.6 Å². The first-order valence-corrected chi connectivity index (χ1v) is 5.27. The maximum Gasteiger partial charge on any atom is 0.139 e. The van der Waals surface area contributed by atoms with E-state index in [9.17, 15) is 5.11 Å². The lowest BCUT2D eigenvalue weighted by atomic mass is 9.97. The van der Waals surface area contributed by atoms with E-state index < -0.39 is 0 Å². The molecule has 70 valence electrons. The molecule has 0 aliphatic carbocycles. The Morgan fingerprint density at radius 3 is 2.77 bits per heavy atom. The topological polar surface area (TPSA) is 32.3 Å². The summed E-state index contributed by atoms with van der Waals surface area (Å²) in [5, 5.41) is 13.3. The van der Waals surface area contributed by atoms with Gasteiger partial charge in [-0.2, -0.15) is 0 Å². The minimum Gasteiger partial charge on any atom is -0.506 e. The second-order valence-electron chi connectivity index (χ2n) is 3.12. The highest BCUT2D eigenvalue weighted by Crippen LogP contribution is 2.37. The molecule has 1 aromatic carbocycles. The zero-order valence-corrected chi connectivity index (χ0v) is 9.19. The van der Waals surface area contributed by atoms with Gasteiger partial charge in [0.25, 0.3) is 0 Å². The molecule has 13 heavy (non-hydrogen) atoms. The molecule has 1 saturated heterocycles. The van der Waals surface area contributed by atoms with Crippen LogP contribution in [-0.2, 0) is 0 Å². The zero-order chi connectivity index (χ0) is 9.42. The number of benzene rings is 1. The average Bonchev–Trinajstić information content (AvgIpc) is 1.95. The van der Waals surface area contributed by atoms with Crippen LogP contribution in [-0.4, -0.2) is 11.7 Å². The lowest BCUT2D eigenvalue weighted by molar-refractivity contribution is 0.364. The molecule has 1 aliphatic rings. The van der Waals surface area contributed by atoms with Gasteiger partial charge in [0, 0.05) is 16.1 Å². The molecule has 2 rings (SSSR count). The van der Waals surface area contributed by atoms with Gasteiger partial charge in [0.1, 0.15) is 5.75 Å². The highest BCUT2D eigenvalue weighted by Gasteiger charge is 2.22. The SMILES string of the molecule is Oc1c(Cl)cc(Br)cc1[C@H]1CCN1. The fourth-order valence-corrected chi connectivity index (χ4v) is 2.24. The second-order valence-corrected chi connectivity index (χ2v) is 4.44. The Kier molecular flexibility index (Phi) is 2.49. The normalized spacial score (nSPS) is 21.2. The fourth-order valence-electron chi connectivity index (χ4n) is 1.41. The van der Waals surface area contributed by atoms with Crippen LogP contribution in [0.25, 0.3) is 0 Å². The summed E-state index contributed by atoms with van der Waals surface area (Å²) in [7, 11) is 0. The smallest absolute Gasteiger partial charge is 0.139 e. The quantitative estimate of drug-likeness (QED) is 0.816. The molecule has 0 aromatic heterocycles. The summed E-state index contributed by atoms with van der Waals surface area (Å²) in [6.07, 6.45) is 1.06. The highest BCUT2D eigenvalue weighted by molar-refractivity contribution is 9.10. The van der Waals surface area contributed by atoms with E-state index in [0.29, 0.717) is 5.02 Å². The van der Waals surface area contributed by atoms with Gasteiger partial charge in [-0.05, 0) is 25.1 Å². The van der Waals surface area contributed by atoms with Crippen molar-refractivity contribution in [3.63, 3.8) is 0 Å². The average molecular weight is 263 g/mol. The Morgan fingerprint density at radius 2 is 2.23 bits per heavy atom. The van der Waals surface area contributed by atoms with E-state index in [-0.39, 0.29) is 11.8 Å². The third kappa shape index (κ3) is 1.68. The Morgan fingerprint density at radius 1 is 1.54 bits per heavy atom. The van der Waals surface area contributed by atoms with Crippen molar-refractivity contribution in [2.45, 2.75) is 12.5 Å². The maximum absolute atomic E-state index is 9.66. The van der Waals surface area contributed by atoms with Crippen LogP contribution in [0.4, 0.5) is 0 Å². The summed E-state index contributed by atoms with van der Waals surface area (Å²) in [5.74, 6) is 0.196. The molecule has 0 amide bonds.